The third-order valence-electron chi connectivity index (χ3n) is 2.01. The first-order valence-electron chi connectivity index (χ1n) is 4.48. The van der Waals surface area contributed by atoms with Crippen molar-refractivity contribution < 1.29 is 13.9 Å². The zero-order chi connectivity index (χ0) is 11.3. The third-order valence-corrected chi connectivity index (χ3v) is 6.54. The Balaban J connectivity index is 2.49. The second-order valence-electron chi connectivity index (χ2n) is 2.88. The lowest BCUT2D eigenvalue weighted by Gasteiger charge is -2.27. The van der Waals surface area contributed by atoms with Crippen LogP contribution in [0.2, 0.25) is 0 Å². The monoisotopic (exact) mass is 270 g/mol. The summed E-state index contributed by atoms with van der Waals surface area (Å²) >= 11 is 2.85. The summed E-state index contributed by atoms with van der Waals surface area (Å²) in [6, 6.07) is -0.296. The van der Waals surface area contributed by atoms with E-state index in [0.29, 0.717) is 13.1 Å². The molecule has 1 N–H and O–H groups in total. The Labute approximate surface area is 97.9 Å². The molecule has 0 aromatic heterocycles. The van der Waals surface area contributed by atoms with Gasteiger partial charge in [-0.25, -0.2) is 4.79 Å². The van der Waals surface area contributed by atoms with Crippen molar-refractivity contribution in [3.05, 3.63) is 0 Å². The van der Waals surface area contributed by atoms with Crippen molar-refractivity contribution in [1.82, 2.24) is 9.99 Å². The van der Waals surface area contributed by atoms with Gasteiger partial charge in [-0.1, -0.05) is 11.4 Å². The molecule has 1 fully saturated rings. The van der Waals surface area contributed by atoms with E-state index in [9.17, 15) is 9.36 Å². The molecule has 1 atom stereocenters. The molecule has 88 valence electrons. The number of thioether (sulfide) groups is 1. The van der Waals surface area contributed by atoms with E-state index in [4.69, 9.17) is 4.52 Å². The standard InChI is InChI=1S/C7H15N2O3PS2/c1-12-13(11,14-2)8-7(10)9-3-5-15-6-4-9/h3-6H2,1-2H3,(H,8,10,11). The summed E-state index contributed by atoms with van der Waals surface area (Å²) in [4.78, 5) is 13.3. The van der Waals surface area contributed by atoms with E-state index in [-0.39, 0.29) is 6.03 Å². The zero-order valence-electron chi connectivity index (χ0n) is 8.76. The summed E-state index contributed by atoms with van der Waals surface area (Å²) < 4.78 is 16.6. The van der Waals surface area contributed by atoms with Gasteiger partial charge in [0.25, 0.3) is 0 Å². The Bertz CT molecular complexity index is 263. The van der Waals surface area contributed by atoms with Gasteiger partial charge in [0.15, 0.2) is 0 Å². The topological polar surface area (TPSA) is 58.6 Å². The maximum atomic E-state index is 11.8. The van der Waals surface area contributed by atoms with Crippen molar-refractivity contribution in [3.63, 3.8) is 0 Å². The van der Waals surface area contributed by atoms with Gasteiger partial charge in [-0.05, 0) is 6.26 Å². The molecule has 1 rings (SSSR count). The fourth-order valence-corrected chi connectivity index (χ4v) is 3.69. The van der Waals surface area contributed by atoms with E-state index in [1.807, 2.05) is 11.8 Å². The number of carbonyl (C=O) groups excluding carboxylic acids is 1. The first-order chi connectivity index (χ1) is 7.11. The summed E-state index contributed by atoms with van der Waals surface area (Å²) in [7, 11) is 1.34. The summed E-state index contributed by atoms with van der Waals surface area (Å²) in [5, 5.41) is 2.44. The Morgan fingerprint density at radius 2 is 2.13 bits per heavy atom. The van der Waals surface area contributed by atoms with E-state index in [0.717, 1.165) is 22.9 Å². The molecule has 0 aromatic carbocycles. The van der Waals surface area contributed by atoms with Crippen LogP contribution in [-0.4, -0.2) is 48.9 Å². The fourth-order valence-electron chi connectivity index (χ4n) is 1.12. The van der Waals surface area contributed by atoms with Gasteiger partial charge in [0.2, 0.25) is 0 Å². The van der Waals surface area contributed by atoms with E-state index >= 15 is 0 Å². The Hall–Kier alpha value is 0.160. The normalized spacial score (nSPS) is 20.8. The van der Waals surface area contributed by atoms with Crippen LogP contribution < -0.4 is 5.09 Å². The van der Waals surface area contributed by atoms with Crippen LogP contribution in [0.3, 0.4) is 0 Å². The minimum atomic E-state index is -3.04. The summed E-state index contributed by atoms with van der Waals surface area (Å²) in [5.74, 6) is 1.87. The predicted molar refractivity (Wildman–Crippen MR) is 65.6 cm³/mol. The Morgan fingerprint density at radius 1 is 1.53 bits per heavy atom. The quantitative estimate of drug-likeness (QED) is 0.793. The molecular weight excluding hydrogens is 255 g/mol. The van der Waals surface area contributed by atoms with Crippen LogP contribution >= 0.6 is 29.9 Å². The molecule has 1 aliphatic heterocycles. The van der Waals surface area contributed by atoms with Crippen LogP contribution in [0.25, 0.3) is 0 Å². The van der Waals surface area contributed by atoms with Gasteiger partial charge >= 0.3 is 12.8 Å². The lowest BCUT2D eigenvalue weighted by Crippen LogP contribution is -2.43. The number of carbonyl (C=O) groups is 1. The predicted octanol–water partition coefficient (Wildman–Crippen LogP) is 1.86. The van der Waals surface area contributed by atoms with Crippen molar-refractivity contribution in [2.75, 3.05) is 38.0 Å². The molecule has 8 heteroatoms. The van der Waals surface area contributed by atoms with Crippen molar-refractivity contribution in [2.45, 2.75) is 0 Å². The highest BCUT2D eigenvalue weighted by Gasteiger charge is 2.26. The van der Waals surface area contributed by atoms with Crippen LogP contribution in [-0.2, 0) is 9.09 Å². The molecule has 0 spiro atoms. The van der Waals surface area contributed by atoms with Crippen LogP contribution in [0.4, 0.5) is 4.79 Å². The molecule has 2 amide bonds. The number of hydrogen-bond acceptors (Lipinski definition) is 5. The molecular formula is C7H15N2O3PS2. The first-order valence-corrected chi connectivity index (χ1v) is 9.08. The minimum Gasteiger partial charge on any atom is -0.323 e. The molecule has 0 saturated carbocycles. The van der Waals surface area contributed by atoms with Crippen LogP contribution in [0.5, 0.6) is 0 Å². The number of nitrogens with one attached hydrogen (secondary N) is 1. The minimum absolute atomic E-state index is 0.296. The fraction of sp³-hybridized carbons (Fsp3) is 0.857. The van der Waals surface area contributed by atoms with Gasteiger partial charge in [0.1, 0.15) is 0 Å². The molecule has 0 bridgehead atoms. The molecule has 0 aliphatic carbocycles. The summed E-state index contributed by atoms with van der Waals surface area (Å²) in [5.41, 5.74) is 0. The first kappa shape index (κ1) is 13.2. The van der Waals surface area contributed by atoms with Gasteiger partial charge in [-0.2, -0.15) is 11.8 Å². The van der Waals surface area contributed by atoms with Crippen molar-refractivity contribution >= 4 is 35.9 Å². The van der Waals surface area contributed by atoms with Crippen LogP contribution in [0.15, 0.2) is 0 Å². The van der Waals surface area contributed by atoms with Crippen molar-refractivity contribution in [1.29, 1.82) is 0 Å². The van der Waals surface area contributed by atoms with Gasteiger partial charge in [-0.3, -0.25) is 9.65 Å². The number of urea groups is 1. The third kappa shape index (κ3) is 3.90. The molecule has 1 aliphatic rings. The number of hydrogen-bond donors (Lipinski definition) is 1. The molecule has 0 radical (unpaired) electrons. The van der Waals surface area contributed by atoms with E-state index in [1.165, 1.54) is 7.11 Å². The number of nitrogens with zero attached hydrogens (tertiary/aromatic N) is 1. The smallest absolute Gasteiger partial charge is 0.323 e. The largest absolute Gasteiger partial charge is 0.354 e. The molecule has 1 unspecified atom stereocenters. The zero-order valence-corrected chi connectivity index (χ0v) is 11.3. The summed E-state index contributed by atoms with van der Waals surface area (Å²) in [6.07, 6.45) is 1.65. The van der Waals surface area contributed by atoms with Gasteiger partial charge < -0.3 is 9.42 Å². The Morgan fingerprint density at radius 3 is 2.60 bits per heavy atom. The second-order valence-corrected chi connectivity index (χ2v) is 8.59. The number of rotatable bonds is 3. The van der Waals surface area contributed by atoms with Crippen molar-refractivity contribution in [2.24, 2.45) is 0 Å². The SMILES string of the molecule is COP(=O)(NC(=O)N1CCSCC1)SC. The lowest BCUT2D eigenvalue weighted by molar-refractivity contribution is 0.207. The highest BCUT2D eigenvalue weighted by atomic mass is 32.7. The van der Waals surface area contributed by atoms with E-state index < -0.39 is 6.72 Å². The van der Waals surface area contributed by atoms with Gasteiger partial charge in [-0.15, -0.1) is 0 Å². The van der Waals surface area contributed by atoms with Crippen LogP contribution in [0.1, 0.15) is 0 Å². The summed E-state index contributed by atoms with van der Waals surface area (Å²) in [6.45, 7) is -1.63. The molecule has 0 aromatic rings. The van der Waals surface area contributed by atoms with Gasteiger partial charge in [0, 0.05) is 31.7 Å². The molecule has 1 saturated heterocycles. The maximum Gasteiger partial charge on any atom is 0.354 e. The maximum absolute atomic E-state index is 11.8. The lowest BCUT2D eigenvalue weighted by atomic mass is 10.5. The highest BCUT2D eigenvalue weighted by molar-refractivity contribution is 8.55. The number of amides is 2. The average molecular weight is 270 g/mol. The Kier molecular flexibility index (Phi) is 5.32. The molecule has 5 nitrogen and oxygen atoms in total. The van der Waals surface area contributed by atoms with Crippen molar-refractivity contribution in [3.8, 4) is 0 Å². The molecule has 15 heavy (non-hydrogen) atoms. The van der Waals surface area contributed by atoms with E-state index in [1.54, 1.807) is 11.2 Å². The van der Waals surface area contributed by atoms with E-state index in [2.05, 4.69) is 5.09 Å². The molecule has 1 heterocycles. The van der Waals surface area contributed by atoms with Crippen LogP contribution in [0, 0.1) is 0 Å². The van der Waals surface area contributed by atoms with Gasteiger partial charge in [0.05, 0.1) is 0 Å². The second kappa shape index (κ2) is 6.03. The average Bonchev–Trinajstić information content (AvgIpc) is 2.30. The highest BCUT2D eigenvalue weighted by Crippen LogP contribution is 2.53.